The topological polar surface area (TPSA) is 131 Å². The van der Waals surface area contributed by atoms with Crippen molar-refractivity contribution >= 4 is 41.4 Å². The third kappa shape index (κ3) is 9.93. The van der Waals surface area contributed by atoms with E-state index < -0.39 is 58.8 Å². The number of hydrogen-bond donors (Lipinski definition) is 2. The first-order valence-corrected chi connectivity index (χ1v) is 17.0. The first-order valence-electron chi connectivity index (χ1n) is 15.9. The summed E-state index contributed by atoms with van der Waals surface area (Å²) in [6.07, 6.45) is -1.63. The van der Waals surface area contributed by atoms with Gasteiger partial charge in [-0.2, -0.15) is 0 Å². The summed E-state index contributed by atoms with van der Waals surface area (Å²) in [5, 5.41) is 5.12. The van der Waals surface area contributed by atoms with Crippen LogP contribution in [0.15, 0.2) is 91.0 Å². The average Bonchev–Trinajstić information content (AvgIpc) is 3.48. The highest BCUT2D eigenvalue weighted by atomic mass is 32.2. The molecule has 2 N–H and O–H groups in total. The molecule has 0 bridgehead atoms. The molecule has 1 saturated heterocycles. The molecule has 1 aliphatic rings. The number of amides is 3. The van der Waals surface area contributed by atoms with Gasteiger partial charge in [-0.25, -0.2) is 9.59 Å². The minimum Gasteiger partial charge on any atom is -0.455 e. The fraction of sp³-hybridized carbons (Fsp3) is 0.378. The Morgan fingerprint density at radius 2 is 1.42 bits per heavy atom. The van der Waals surface area contributed by atoms with Crippen LogP contribution in [0.25, 0.3) is 0 Å². The number of alkyl carbamates (subject to hydrolysis) is 1. The third-order valence-corrected chi connectivity index (χ3v) is 8.91. The first kappa shape index (κ1) is 36.2. The predicted octanol–water partition coefficient (Wildman–Crippen LogP) is 5.42. The Morgan fingerprint density at radius 3 is 1.98 bits per heavy atom. The van der Waals surface area contributed by atoms with Crippen molar-refractivity contribution in [3.63, 3.8) is 0 Å². The van der Waals surface area contributed by atoms with Gasteiger partial charge in [-0.3, -0.25) is 14.4 Å². The van der Waals surface area contributed by atoms with Crippen molar-refractivity contribution in [2.75, 3.05) is 5.75 Å². The molecule has 1 fully saturated rings. The Kier molecular flexibility index (Phi) is 12.4. The van der Waals surface area contributed by atoms with Crippen LogP contribution in [0.4, 0.5) is 4.79 Å². The minimum absolute atomic E-state index is 0.0450. The fourth-order valence-corrected chi connectivity index (χ4v) is 6.59. The van der Waals surface area contributed by atoms with E-state index in [0.717, 1.165) is 5.56 Å². The minimum atomic E-state index is -1.41. The molecule has 4 atom stereocenters. The van der Waals surface area contributed by atoms with E-state index in [1.54, 1.807) is 69.3 Å². The Hall–Kier alpha value is -4.64. The number of ether oxygens (including phenoxy) is 2. The number of carbonyl (C=O) groups excluding carboxylic acids is 5. The van der Waals surface area contributed by atoms with E-state index in [4.69, 9.17) is 9.47 Å². The fourth-order valence-electron chi connectivity index (χ4n) is 5.23. The summed E-state index contributed by atoms with van der Waals surface area (Å²) in [4.78, 5) is 69.2. The van der Waals surface area contributed by atoms with Gasteiger partial charge in [-0.05, 0) is 49.8 Å². The first-order chi connectivity index (χ1) is 22.8. The standard InChI is InChI=1S/C37H43N3O7S/c1-24(2)30(39-36(45)47-37(3,4)5)33(43)40-29(23-48-34(40)27-19-13-8-14-20-27)38-32(42)28(21-25-15-9-6-10-16-25)31(41)35(44)46-22-26-17-11-7-12-18-26/h6-20,24,28-30,34H,21-23H2,1-5H3,(H,38,42)(H,39,45)/t28-,29+,30-,34+/m0/s1. The van der Waals surface area contributed by atoms with Gasteiger partial charge in [0.2, 0.25) is 11.8 Å². The summed E-state index contributed by atoms with van der Waals surface area (Å²) in [5.74, 6) is -4.66. The van der Waals surface area contributed by atoms with Gasteiger partial charge in [-0.1, -0.05) is 105 Å². The van der Waals surface area contributed by atoms with Gasteiger partial charge in [0.15, 0.2) is 0 Å². The Morgan fingerprint density at radius 1 is 0.854 bits per heavy atom. The lowest BCUT2D eigenvalue weighted by Gasteiger charge is -2.35. The number of ketones is 1. The van der Waals surface area contributed by atoms with Crippen molar-refractivity contribution in [1.29, 1.82) is 0 Å². The van der Waals surface area contributed by atoms with Gasteiger partial charge in [-0.15, -0.1) is 11.8 Å². The van der Waals surface area contributed by atoms with Crippen molar-refractivity contribution in [1.82, 2.24) is 15.5 Å². The van der Waals surface area contributed by atoms with E-state index in [1.807, 2.05) is 56.3 Å². The molecule has 1 heterocycles. The highest BCUT2D eigenvalue weighted by Crippen LogP contribution is 2.41. The number of esters is 1. The van der Waals surface area contributed by atoms with E-state index in [9.17, 15) is 24.0 Å². The van der Waals surface area contributed by atoms with Crippen molar-refractivity contribution in [2.24, 2.45) is 11.8 Å². The van der Waals surface area contributed by atoms with Gasteiger partial charge >= 0.3 is 12.1 Å². The van der Waals surface area contributed by atoms with Crippen LogP contribution in [-0.4, -0.2) is 58.1 Å². The molecule has 10 nitrogen and oxygen atoms in total. The molecule has 0 spiro atoms. The SMILES string of the molecule is CC(C)[C@H](NC(=O)OC(C)(C)C)C(=O)N1[C@@H](NC(=O)[C@@H](Cc2ccccc2)C(=O)C(=O)OCc2ccccc2)CS[C@@H]1c1ccccc1. The molecule has 3 aromatic rings. The van der Waals surface area contributed by atoms with Gasteiger partial charge in [0, 0.05) is 5.75 Å². The second kappa shape index (κ2) is 16.5. The normalized spacial score (nSPS) is 17.2. The zero-order valence-electron chi connectivity index (χ0n) is 27.9. The van der Waals surface area contributed by atoms with Crippen LogP contribution in [0, 0.1) is 11.8 Å². The smallest absolute Gasteiger partial charge is 0.408 e. The van der Waals surface area contributed by atoms with Crippen LogP contribution in [0.2, 0.25) is 0 Å². The third-order valence-electron chi connectivity index (χ3n) is 7.58. The number of Topliss-reactive ketones (excluding diaryl/α,β-unsaturated/α-hetero) is 1. The maximum atomic E-state index is 14.3. The van der Waals surface area contributed by atoms with Crippen LogP contribution < -0.4 is 10.6 Å². The zero-order chi connectivity index (χ0) is 34.8. The molecule has 3 amide bonds. The molecule has 0 radical (unpaired) electrons. The summed E-state index contributed by atoms with van der Waals surface area (Å²) < 4.78 is 10.7. The summed E-state index contributed by atoms with van der Waals surface area (Å²) in [7, 11) is 0. The van der Waals surface area contributed by atoms with Gasteiger partial charge in [0.1, 0.15) is 35.7 Å². The molecule has 0 unspecified atom stereocenters. The molecular weight excluding hydrogens is 630 g/mol. The van der Waals surface area contributed by atoms with Gasteiger partial charge in [0.25, 0.3) is 5.78 Å². The molecule has 3 aromatic carbocycles. The van der Waals surface area contributed by atoms with Crippen LogP contribution in [-0.2, 0) is 41.7 Å². The number of thioether (sulfide) groups is 1. The number of rotatable bonds is 12. The number of nitrogens with zero attached hydrogens (tertiary/aromatic N) is 1. The number of carbonyl (C=O) groups is 5. The molecule has 0 aliphatic carbocycles. The Labute approximate surface area is 285 Å². The zero-order valence-corrected chi connectivity index (χ0v) is 28.7. The molecule has 254 valence electrons. The molecule has 48 heavy (non-hydrogen) atoms. The maximum absolute atomic E-state index is 14.3. The van der Waals surface area contributed by atoms with Crippen molar-refractivity contribution in [3.8, 4) is 0 Å². The predicted molar refractivity (Wildman–Crippen MR) is 183 cm³/mol. The van der Waals surface area contributed by atoms with E-state index in [0.29, 0.717) is 16.9 Å². The molecule has 4 rings (SSSR count). The van der Waals surface area contributed by atoms with E-state index in [2.05, 4.69) is 10.6 Å². The van der Waals surface area contributed by atoms with E-state index >= 15 is 0 Å². The van der Waals surface area contributed by atoms with E-state index in [1.165, 1.54) is 16.7 Å². The van der Waals surface area contributed by atoms with Gasteiger partial charge in [0.05, 0.1) is 0 Å². The molecule has 0 aromatic heterocycles. The lowest BCUT2D eigenvalue weighted by atomic mass is 9.94. The largest absolute Gasteiger partial charge is 0.455 e. The summed E-state index contributed by atoms with van der Waals surface area (Å²) in [6, 6.07) is 26.2. The molecule has 0 saturated carbocycles. The molecule has 1 aliphatic heterocycles. The number of benzene rings is 3. The van der Waals surface area contributed by atoms with E-state index in [-0.39, 0.29) is 18.9 Å². The second-order valence-electron chi connectivity index (χ2n) is 12.9. The lowest BCUT2D eigenvalue weighted by Crippen LogP contribution is -2.58. The quantitative estimate of drug-likeness (QED) is 0.148. The summed E-state index contributed by atoms with van der Waals surface area (Å²) in [5.41, 5.74) is 1.43. The highest BCUT2D eigenvalue weighted by Gasteiger charge is 2.44. The maximum Gasteiger partial charge on any atom is 0.408 e. The van der Waals surface area contributed by atoms with Crippen molar-refractivity contribution in [2.45, 2.75) is 70.8 Å². The van der Waals surface area contributed by atoms with Crippen LogP contribution in [0.1, 0.15) is 56.7 Å². The Bertz CT molecular complexity index is 1560. The van der Waals surface area contributed by atoms with Crippen LogP contribution >= 0.6 is 11.8 Å². The number of hydrogen-bond acceptors (Lipinski definition) is 8. The van der Waals surface area contributed by atoms with Crippen LogP contribution in [0.5, 0.6) is 0 Å². The van der Waals surface area contributed by atoms with Crippen LogP contribution in [0.3, 0.4) is 0 Å². The number of nitrogens with one attached hydrogen (secondary N) is 2. The highest BCUT2D eigenvalue weighted by molar-refractivity contribution is 7.99. The average molecular weight is 674 g/mol. The Balaban J connectivity index is 1.60. The van der Waals surface area contributed by atoms with Gasteiger partial charge < -0.3 is 25.0 Å². The lowest BCUT2D eigenvalue weighted by molar-refractivity contribution is -0.158. The summed E-state index contributed by atoms with van der Waals surface area (Å²) >= 11 is 1.45. The molecule has 11 heteroatoms. The van der Waals surface area contributed by atoms with Crippen molar-refractivity contribution < 1.29 is 33.4 Å². The van der Waals surface area contributed by atoms with Crippen molar-refractivity contribution in [3.05, 3.63) is 108 Å². The summed E-state index contributed by atoms with van der Waals surface area (Å²) in [6.45, 7) is 8.70. The molecular formula is C37H43N3O7S. The second-order valence-corrected chi connectivity index (χ2v) is 14.0. The monoisotopic (exact) mass is 673 g/mol.